The summed E-state index contributed by atoms with van der Waals surface area (Å²) >= 11 is 0. The number of aromatic nitrogens is 4. The summed E-state index contributed by atoms with van der Waals surface area (Å²) in [5, 5.41) is 11.5. The molecule has 144 valence electrons. The quantitative estimate of drug-likeness (QED) is 0.752. The van der Waals surface area contributed by atoms with Crippen LogP contribution in [-0.4, -0.2) is 49.4 Å². The summed E-state index contributed by atoms with van der Waals surface area (Å²) in [5.74, 6) is -0.466. The van der Waals surface area contributed by atoms with Gasteiger partial charge in [0.2, 0.25) is 5.91 Å². The number of rotatable bonds is 4. The maximum Gasteiger partial charge on any atom is 0.274 e. The van der Waals surface area contributed by atoms with E-state index in [4.69, 9.17) is 0 Å². The van der Waals surface area contributed by atoms with Crippen molar-refractivity contribution < 1.29 is 9.59 Å². The van der Waals surface area contributed by atoms with Gasteiger partial charge in [0.25, 0.3) is 5.91 Å². The first-order valence-electron chi connectivity index (χ1n) is 9.15. The Morgan fingerprint density at radius 1 is 1.14 bits per heavy atom. The monoisotopic (exact) mass is 378 g/mol. The lowest BCUT2D eigenvalue weighted by molar-refractivity contribution is -0.123. The van der Waals surface area contributed by atoms with Gasteiger partial charge in [0, 0.05) is 25.8 Å². The lowest BCUT2D eigenvalue weighted by atomic mass is 9.98. The van der Waals surface area contributed by atoms with Crippen LogP contribution in [0.15, 0.2) is 42.6 Å². The highest BCUT2D eigenvalue weighted by molar-refractivity contribution is 5.97. The molecule has 28 heavy (non-hydrogen) atoms. The highest BCUT2D eigenvalue weighted by Gasteiger charge is 2.37. The largest absolute Gasteiger partial charge is 0.336 e. The molecular formula is C20H22N6O2. The van der Waals surface area contributed by atoms with Crippen LogP contribution in [0.25, 0.3) is 5.69 Å². The molecule has 1 aliphatic rings. The topological polar surface area (TPSA) is 85.1 Å². The second-order valence-electron chi connectivity index (χ2n) is 7.08. The van der Waals surface area contributed by atoms with Crippen LogP contribution in [0.4, 0.5) is 5.69 Å². The molecule has 0 saturated carbocycles. The fourth-order valence-corrected chi connectivity index (χ4v) is 3.24. The molecule has 0 radical (unpaired) electrons. The fraction of sp³-hybridized carbons (Fsp3) is 0.300. The standard InChI is InChI=1S/C20H22N6O2/c1-13-9-17(23-26(13)16-7-5-4-6-8-16)20(28)25-11-15(12-25)19(27)22-18-10-21-24(3)14(18)2/h4-10,15H,11-12H2,1-3H3,(H,22,27). The molecule has 3 heterocycles. The van der Waals surface area contributed by atoms with Gasteiger partial charge >= 0.3 is 0 Å². The Balaban J connectivity index is 1.39. The number of benzene rings is 1. The third kappa shape index (κ3) is 3.17. The van der Waals surface area contributed by atoms with Crippen molar-refractivity contribution in [2.45, 2.75) is 13.8 Å². The molecule has 0 unspecified atom stereocenters. The van der Waals surface area contributed by atoms with Gasteiger partial charge in [0.15, 0.2) is 5.69 Å². The maximum atomic E-state index is 12.7. The van der Waals surface area contributed by atoms with Gasteiger partial charge in [0.1, 0.15) is 0 Å². The van der Waals surface area contributed by atoms with E-state index >= 15 is 0 Å². The van der Waals surface area contributed by atoms with E-state index in [1.54, 1.807) is 26.5 Å². The van der Waals surface area contributed by atoms with Gasteiger partial charge in [0.05, 0.1) is 29.2 Å². The Morgan fingerprint density at radius 2 is 1.86 bits per heavy atom. The first kappa shape index (κ1) is 18.0. The smallest absolute Gasteiger partial charge is 0.274 e. The van der Waals surface area contributed by atoms with Crippen molar-refractivity contribution in [1.82, 2.24) is 24.5 Å². The summed E-state index contributed by atoms with van der Waals surface area (Å²) < 4.78 is 3.46. The lowest BCUT2D eigenvalue weighted by Gasteiger charge is -2.37. The molecule has 4 rings (SSSR count). The Kier molecular flexibility index (Phi) is 4.46. The minimum atomic E-state index is -0.221. The van der Waals surface area contributed by atoms with E-state index in [2.05, 4.69) is 15.5 Å². The predicted molar refractivity (Wildman–Crippen MR) is 104 cm³/mol. The summed E-state index contributed by atoms with van der Waals surface area (Å²) in [6, 6.07) is 11.5. The molecular weight excluding hydrogens is 356 g/mol. The van der Waals surface area contributed by atoms with Gasteiger partial charge in [-0.15, -0.1) is 0 Å². The summed E-state index contributed by atoms with van der Waals surface area (Å²) in [6.07, 6.45) is 1.63. The number of carbonyl (C=O) groups excluding carboxylic acids is 2. The number of amides is 2. The molecule has 0 spiro atoms. The zero-order chi connectivity index (χ0) is 19.8. The van der Waals surface area contributed by atoms with Crippen LogP contribution in [-0.2, 0) is 11.8 Å². The van der Waals surface area contributed by atoms with Crippen LogP contribution in [0.5, 0.6) is 0 Å². The second-order valence-corrected chi connectivity index (χ2v) is 7.08. The normalized spacial score (nSPS) is 14.0. The van der Waals surface area contributed by atoms with Crippen molar-refractivity contribution in [1.29, 1.82) is 0 Å². The van der Waals surface area contributed by atoms with Crippen LogP contribution in [0, 0.1) is 19.8 Å². The zero-order valence-electron chi connectivity index (χ0n) is 16.1. The van der Waals surface area contributed by atoms with E-state index < -0.39 is 0 Å². The van der Waals surface area contributed by atoms with Gasteiger partial charge in [-0.05, 0) is 32.0 Å². The third-order valence-corrected chi connectivity index (χ3v) is 5.14. The van der Waals surface area contributed by atoms with E-state index in [0.717, 1.165) is 17.1 Å². The third-order valence-electron chi connectivity index (χ3n) is 5.14. The van der Waals surface area contributed by atoms with Crippen molar-refractivity contribution in [3.05, 3.63) is 59.7 Å². The molecule has 2 amide bonds. The van der Waals surface area contributed by atoms with Gasteiger partial charge in [-0.25, -0.2) is 4.68 Å². The van der Waals surface area contributed by atoms with Gasteiger partial charge in [-0.1, -0.05) is 18.2 Å². The van der Waals surface area contributed by atoms with Crippen molar-refractivity contribution in [3.63, 3.8) is 0 Å². The van der Waals surface area contributed by atoms with Crippen molar-refractivity contribution in [2.75, 3.05) is 18.4 Å². The highest BCUT2D eigenvalue weighted by Crippen LogP contribution is 2.22. The van der Waals surface area contributed by atoms with E-state index in [0.29, 0.717) is 24.5 Å². The SMILES string of the molecule is Cc1c(NC(=O)C2CN(C(=O)c3cc(C)n(-c4ccccc4)n3)C2)cnn1C. The average molecular weight is 378 g/mol. The number of anilines is 1. The van der Waals surface area contributed by atoms with Gasteiger partial charge in [-0.3, -0.25) is 14.3 Å². The number of hydrogen-bond donors (Lipinski definition) is 1. The van der Waals surface area contributed by atoms with Crippen LogP contribution in [0.3, 0.4) is 0 Å². The Hall–Kier alpha value is -3.42. The average Bonchev–Trinajstić information content (AvgIpc) is 3.18. The Morgan fingerprint density at radius 3 is 2.50 bits per heavy atom. The molecule has 0 bridgehead atoms. The Bertz CT molecular complexity index is 1030. The zero-order valence-corrected chi connectivity index (χ0v) is 16.1. The van der Waals surface area contributed by atoms with Crippen molar-refractivity contribution in [2.24, 2.45) is 13.0 Å². The minimum Gasteiger partial charge on any atom is -0.336 e. The number of nitrogens with one attached hydrogen (secondary N) is 1. The lowest BCUT2D eigenvalue weighted by Crippen LogP contribution is -2.54. The fourth-order valence-electron chi connectivity index (χ4n) is 3.24. The number of para-hydroxylation sites is 1. The molecule has 1 saturated heterocycles. The summed E-state index contributed by atoms with van der Waals surface area (Å²) in [4.78, 5) is 26.8. The van der Waals surface area contributed by atoms with Crippen LogP contribution in [0.2, 0.25) is 0 Å². The molecule has 0 aliphatic carbocycles. The molecule has 1 fully saturated rings. The van der Waals surface area contributed by atoms with Crippen LogP contribution < -0.4 is 5.32 Å². The molecule has 8 nitrogen and oxygen atoms in total. The van der Waals surface area contributed by atoms with Crippen LogP contribution in [0.1, 0.15) is 21.9 Å². The van der Waals surface area contributed by atoms with E-state index in [9.17, 15) is 9.59 Å². The first-order valence-corrected chi connectivity index (χ1v) is 9.15. The predicted octanol–water partition coefficient (Wildman–Crippen LogP) is 1.93. The summed E-state index contributed by atoms with van der Waals surface area (Å²) in [5.41, 5.74) is 3.78. The molecule has 8 heteroatoms. The highest BCUT2D eigenvalue weighted by atomic mass is 16.2. The summed E-state index contributed by atoms with van der Waals surface area (Å²) in [6.45, 7) is 4.59. The molecule has 1 aliphatic heterocycles. The number of hydrogen-bond acceptors (Lipinski definition) is 4. The number of likely N-dealkylation sites (tertiary alicyclic amines) is 1. The van der Waals surface area contributed by atoms with Gasteiger partial charge < -0.3 is 10.2 Å². The Labute approximate surface area is 162 Å². The summed E-state index contributed by atoms with van der Waals surface area (Å²) in [7, 11) is 1.82. The first-order chi connectivity index (χ1) is 13.4. The van der Waals surface area contributed by atoms with E-state index in [1.165, 1.54) is 0 Å². The molecule has 2 aromatic heterocycles. The number of aryl methyl sites for hydroxylation is 2. The minimum absolute atomic E-state index is 0.0915. The van der Waals surface area contributed by atoms with Gasteiger partial charge in [-0.2, -0.15) is 10.2 Å². The second kappa shape index (κ2) is 6.95. The number of nitrogens with zero attached hydrogens (tertiary/aromatic N) is 5. The van der Waals surface area contributed by atoms with Crippen LogP contribution >= 0.6 is 0 Å². The molecule has 1 aromatic carbocycles. The van der Waals surface area contributed by atoms with Crippen molar-refractivity contribution >= 4 is 17.5 Å². The maximum absolute atomic E-state index is 12.7. The molecule has 0 atom stereocenters. The number of carbonyl (C=O) groups is 2. The van der Waals surface area contributed by atoms with E-state index in [-0.39, 0.29) is 17.7 Å². The molecule has 3 aromatic rings. The van der Waals surface area contributed by atoms with Crippen molar-refractivity contribution in [3.8, 4) is 5.69 Å². The molecule has 1 N–H and O–H groups in total. The van der Waals surface area contributed by atoms with E-state index in [1.807, 2.05) is 51.2 Å².